The van der Waals surface area contributed by atoms with Crippen LogP contribution < -0.4 is 10.5 Å². The van der Waals surface area contributed by atoms with Gasteiger partial charge in [-0.3, -0.25) is 4.72 Å². The van der Waals surface area contributed by atoms with Crippen LogP contribution in [-0.4, -0.2) is 8.42 Å². The summed E-state index contributed by atoms with van der Waals surface area (Å²) in [5.74, 6) is -2.04. The molecule has 0 unspecified atom stereocenters. The highest BCUT2D eigenvalue weighted by Gasteiger charge is 2.22. The Morgan fingerprint density at radius 2 is 1.76 bits per heavy atom. The summed E-state index contributed by atoms with van der Waals surface area (Å²) in [6.07, 6.45) is 0. The molecular weight excluding hydrogens is 366 g/mol. The molecule has 0 aromatic heterocycles. The van der Waals surface area contributed by atoms with Crippen molar-refractivity contribution in [3.05, 3.63) is 52.0 Å². The summed E-state index contributed by atoms with van der Waals surface area (Å²) in [7, 11) is -4.15. The minimum atomic E-state index is -4.15. The van der Waals surface area contributed by atoms with E-state index in [0.29, 0.717) is 5.56 Å². The maximum Gasteiger partial charge on any atom is 0.262 e. The van der Waals surface area contributed by atoms with Crippen LogP contribution in [-0.2, 0) is 10.0 Å². The molecule has 0 aliphatic rings. The third-order valence-corrected chi connectivity index (χ3v) is 4.81. The summed E-state index contributed by atoms with van der Waals surface area (Å²) in [4.78, 5) is -0.135. The second-order valence-electron chi connectivity index (χ2n) is 4.32. The van der Waals surface area contributed by atoms with Crippen LogP contribution in [0.15, 0.2) is 39.7 Å². The quantitative estimate of drug-likeness (QED) is 0.806. The number of halogens is 3. The van der Waals surface area contributed by atoms with Gasteiger partial charge in [0.05, 0.1) is 4.90 Å². The number of anilines is 2. The third-order valence-electron chi connectivity index (χ3n) is 2.86. The number of nitrogens with one attached hydrogen (secondary N) is 1. The van der Waals surface area contributed by atoms with Crippen molar-refractivity contribution < 1.29 is 17.2 Å². The first-order chi connectivity index (χ1) is 9.72. The molecule has 2 aromatic carbocycles. The summed E-state index contributed by atoms with van der Waals surface area (Å²) < 4.78 is 54.0. The van der Waals surface area contributed by atoms with Crippen LogP contribution in [0.1, 0.15) is 5.56 Å². The van der Waals surface area contributed by atoms with Crippen molar-refractivity contribution in [3.63, 3.8) is 0 Å². The van der Waals surface area contributed by atoms with Crippen LogP contribution in [0.3, 0.4) is 0 Å². The molecule has 0 aliphatic heterocycles. The first kappa shape index (κ1) is 15.7. The van der Waals surface area contributed by atoms with E-state index in [9.17, 15) is 17.2 Å². The van der Waals surface area contributed by atoms with E-state index in [1.807, 2.05) is 4.72 Å². The van der Waals surface area contributed by atoms with E-state index in [2.05, 4.69) is 15.9 Å². The van der Waals surface area contributed by atoms with Crippen LogP contribution in [0.2, 0.25) is 0 Å². The Kier molecular flexibility index (Phi) is 4.20. The summed E-state index contributed by atoms with van der Waals surface area (Å²) in [6.45, 7) is 1.51. The van der Waals surface area contributed by atoms with Crippen LogP contribution in [0.5, 0.6) is 0 Å². The number of benzene rings is 2. The highest BCUT2D eigenvalue weighted by atomic mass is 79.9. The molecule has 2 rings (SSSR count). The molecule has 3 N–H and O–H groups in total. The summed E-state index contributed by atoms with van der Waals surface area (Å²) in [5.41, 5.74) is 5.49. The molecule has 0 saturated carbocycles. The van der Waals surface area contributed by atoms with Crippen molar-refractivity contribution in [1.82, 2.24) is 0 Å². The fourth-order valence-corrected chi connectivity index (χ4v) is 3.51. The molecular formula is C13H11BrF2N2O2S. The van der Waals surface area contributed by atoms with Crippen LogP contribution in [0, 0.1) is 18.6 Å². The van der Waals surface area contributed by atoms with Crippen molar-refractivity contribution in [2.45, 2.75) is 11.8 Å². The first-order valence-electron chi connectivity index (χ1n) is 5.75. The Hall–Kier alpha value is -1.67. The molecule has 112 valence electrons. The van der Waals surface area contributed by atoms with Crippen molar-refractivity contribution in [3.8, 4) is 0 Å². The molecule has 21 heavy (non-hydrogen) atoms. The number of hydrogen-bond donors (Lipinski definition) is 2. The van der Waals surface area contributed by atoms with E-state index in [0.717, 1.165) is 12.1 Å². The number of nitrogens with two attached hydrogens (primary N) is 1. The Labute approximate surface area is 129 Å². The predicted octanol–water partition coefficient (Wildman–Crippen LogP) is 3.42. The highest BCUT2D eigenvalue weighted by Crippen LogP contribution is 2.28. The Morgan fingerprint density at radius 1 is 1.19 bits per heavy atom. The van der Waals surface area contributed by atoms with Gasteiger partial charge in [-0.15, -0.1) is 0 Å². The third kappa shape index (κ3) is 3.16. The Bertz CT molecular complexity index is 787. The molecule has 0 spiro atoms. The largest absolute Gasteiger partial charge is 0.398 e. The second kappa shape index (κ2) is 5.61. The number of hydrogen-bond acceptors (Lipinski definition) is 3. The van der Waals surface area contributed by atoms with Crippen LogP contribution >= 0.6 is 15.9 Å². The lowest BCUT2D eigenvalue weighted by Gasteiger charge is -2.13. The van der Waals surface area contributed by atoms with Gasteiger partial charge in [0.25, 0.3) is 10.0 Å². The summed E-state index contributed by atoms with van der Waals surface area (Å²) >= 11 is 2.92. The van der Waals surface area contributed by atoms with Gasteiger partial charge >= 0.3 is 0 Å². The van der Waals surface area contributed by atoms with Crippen LogP contribution in [0.4, 0.5) is 20.2 Å². The minimum Gasteiger partial charge on any atom is -0.398 e. The molecule has 2 aromatic rings. The fourth-order valence-electron chi connectivity index (χ4n) is 1.75. The van der Waals surface area contributed by atoms with Gasteiger partial charge in [0.15, 0.2) is 11.6 Å². The smallest absolute Gasteiger partial charge is 0.262 e. The molecule has 0 radical (unpaired) electrons. The monoisotopic (exact) mass is 376 g/mol. The number of sulfonamides is 1. The van der Waals surface area contributed by atoms with E-state index in [4.69, 9.17) is 5.73 Å². The van der Waals surface area contributed by atoms with Crippen molar-refractivity contribution in [2.75, 3.05) is 10.5 Å². The molecule has 0 fully saturated rings. The molecule has 0 atom stereocenters. The average Bonchev–Trinajstić information content (AvgIpc) is 2.37. The lowest BCUT2D eigenvalue weighted by atomic mass is 10.2. The molecule has 4 nitrogen and oxygen atoms in total. The topological polar surface area (TPSA) is 72.2 Å². The summed E-state index contributed by atoms with van der Waals surface area (Å²) in [5, 5.41) is 0. The lowest BCUT2D eigenvalue weighted by molar-refractivity contribution is 0.581. The summed E-state index contributed by atoms with van der Waals surface area (Å²) in [6, 6.07) is 6.23. The lowest BCUT2D eigenvalue weighted by Crippen LogP contribution is -2.17. The fraction of sp³-hybridized carbons (Fsp3) is 0.0769. The van der Waals surface area contributed by atoms with Gasteiger partial charge in [-0.25, -0.2) is 17.2 Å². The second-order valence-corrected chi connectivity index (χ2v) is 6.89. The van der Waals surface area contributed by atoms with E-state index in [1.54, 1.807) is 0 Å². The number of rotatable bonds is 3. The zero-order chi connectivity index (χ0) is 15.8. The zero-order valence-corrected chi connectivity index (χ0v) is 13.2. The zero-order valence-electron chi connectivity index (χ0n) is 10.8. The van der Waals surface area contributed by atoms with E-state index >= 15 is 0 Å². The van der Waals surface area contributed by atoms with E-state index < -0.39 is 27.3 Å². The van der Waals surface area contributed by atoms with Gasteiger partial charge in [-0.2, -0.15) is 0 Å². The molecule has 0 bridgehead atoms. The van der Waals surface area contributed by atoms with Gasteiger partial charge in [0, 0.05) is 10.2 Å². The van der Waals surface area contributed by atoms with Gasteiger partial charge in [-0.1, -0.05) is 22.0 Å². The maximum absolute atomic E-state index is 13.7. The normalized spacial score (nSPS) is 11.4. The van der Waals surface area contributed by atoms with Gasteiger partial charge < -0.3 is 5.73 Å². The number of nitrogen functional groups attached to an aromatic ring is 1. The molecule has 0 amide bonds. The van der Waals surface area contributed by atoms with Gasteiger partial charge in [-0.05, 0) is 36.8 Å². The van der Waals surface area contributed by atoms with Gasteiger partial charge in [0.1, 0.15) is 5.69 Å². The van der Waals surface area contributed by atoms with Gasteiger partial charge in [0.2, 0.25) is 0 Å². The molecule has 0 heterocycles. The maximum atomic E-state index is 13.7. The predicted molar refractivity (Wildman–Crippen MR) is 80.5 cm³/mol. The Balaban J connectivity index is 2.50. The molecule has 0 aliphatic carbocycles. The van der Waals surface area contributed by atoms with E-state index in [-0.39, 0.29) is 15.1 Å². The Morgan fingerprint density at radius 3 is 2.33 bits per heavy atom. The standard InChI is InChI=1S/C13H11BrF2N2O2S/c1-7-11(17)3-2-4-12(7)21(19,20)18-13-9(15)5-8(14)6-10(13)16/h2-6,18H,17H2,1H3. The van der Waals surface area contributed by atoms with Crippen molar-refractivity contribution in [2.24, 2.45) is 0 Å². The van der Waals surface area contributed by atoms with Crippen molar-refractivity contribution in [1.29, 1.82) is 0 Å². The molecule has 0 saturated heterocycles. The van der Waals surface area contributed by atoms with Crippen LogP contribution in [0.25, 0.3) is 0 Å². The molecule has 8 heteroatoms. The first-order valence-corrected chi connectivity index (χ1v) is 8.02. The highest BCUT2D eigenvalue weighted by molar-refractivity contribution is 9.10. The SMILES string of the molecule is Cc1c(N)cccc1S(=O)(=O)Nc1c(F)cc(Br)cc1F. The van der Waals surface area contributed by atoms with E-state index in [1.165, 1.54) is 25.1 Å². The minimum absolute atomic E-state index is 0.135. The average molecular weight is 377 g/mol. The van der Waals surface area contributed by atoms with Crippen molar-refractivity contribution >= 4 is 37.3 Å².